The van der Waals surface area contributed by atoms with Gasteiger partial charge in [-0.05, 0) is 46.9 Å². The van der Waals surface area contributed by atoms with Crippen LogP contribution in [0.4, 0.5) is 0 Å². The number of aromatic hydroxyl groups is 1. The van der Waals surface area contributed by atoms with E-state index >= 15 is 0 Å². The molecule has 0 radical (unpaired) electrons. The molecule has 72 valence electrons. The van der Waals surface area contributed by atoms with Crippen LogP contribution in [0.2, 0.25) is 0 Å². The fraction of sp³-hybridized carbons (Fsp3) is 0. The molecule has 0 saturated carbocycles. The van der Waals surface area contributed by atoms with Crippen LogP contribution in [0.5, 0.6) is 5.75 Å². The largest absolute Gasteiger partial charge is 0.508 e. The molecule has 0 fully saturated rings. The van der Waals surface area contributed by atoms with E-state index in [0.29, 0.717) is 5.75 Å². The van der Waals surface area contributed by atoms with E-state index in [9.17, 15) is 0 Å². The Kier molecular flexibility index (Phi) is 5.07. The highest BCUT2D eigenvalue weighted by Crippen LogP contribution is 2.02. The number of rotatable bonds is 0. The van der Waals surface area contributed by atoms with E-state index in [1.54, 1.807) is 24.3 Å². The summed E-state index contributed by atoms with van der Waals surface area (Å²) in [5.74, 6) is 0.322. The van der Waals surface area contributed by atoms with E-state index in [2.05, 4.69) is 34.7 Å². The topological polar surface area (TPSA) is 20.2 Å². The summed E-state index contributed by atoms with van der Waals surface area (Å²) in [5, 5.41) is 8.63. The van der Waals surface area contributed by atoms with Crippen molar-refractivity contribution in [3.8, 4) is 5.75 Å². The minimum atomic E-state index is 0.322. The van der Waals surface area contributed by atoms with E-state index in [1.165, 1.54) is 3.57 Å². The SMILES string of the molecule is Ic1ccccc1.Oc1ccccc1. The quantitative estimate of drug-likeness (QED) is 0.736. The molecule has 0 aromatic heterocycles. The van der Waals surface area contributed by atoms with Crippen molar-refractivity contribution in [1.29, 1.82) is 0 Å². The van der Waals surface area contributed by atoms with Crippen molar-refractivity contribution >= 4 is 22.6 Å². The molecule has 2 aromatic carbocycles. The Morgan fingerprint density at radius 2 is 1.14 bits per heavy atom. The van der Waals surface area contributed by atoms with Crippen LogP contribution >= 0.6 is 22.6 Å². The second kappa shape index (κ2) is 6.43. The molecule has 2 aromatic rings. The maximum atomic E-state index is 8.63. The average Bonchev–Trinajstić information content (AvgIpc) is 2.21. The van der Waals surface area contributed by atoms with E-state index in [1.807, 2.05) is 24.3 Å². The monoisotopic (exact) mass is 298 g/mol. The third-order valence-electron chi connectivity index (χ3n) is 1.49. The fourth-order valence-corrected chi connectivity index (χ4v) is 1.26. The molecule has 2 rings (SSSR count). The average molecular weight is 298 g/mol. The Labute approximate surface area is 97.6 Å². The number of hydrogen-bond donors (Lipinski definition) is 1. The van der Waals surface area contributed by atoms with E-state index in [-0.39, 0.29) is 0 Å². The second-order valence-electron chi connectivity index (χ2n) is 2.63. The first-order valence-corrected chi connectivity index (χ1v) is 5.31. The standard InChI is InChI=1S/C6H5I.C6H6O/c2*7-6-4-2-1-3-5-6/h1-5H;1-5,7H. The molecular formula is C12H11IO. The molecule has 0 saturated heterocycles. The van der Waals surface area contributed by atoms with Gasteiger partial charge in [0.15, 0.2) is 0 Å². The van der Waals surface area contributed by atoms with Crippen molar-refractivity contribution < 1.29 is 5.11 Å². The fourth-order valence-electron chi connectivity index (χ4n) is 0.843. The summed E-state index contributed by atoms with van der Waals surface area (Å²) in [6.45, 7) is 0. The zero-order chi connectivity index (χ0) is 10.2. The van der Waals surface area contributed by atoms with Gasteiger partial charge in [-0.25, -0.2) is 0 Å². The lowest BCUT2D eigenvalue weighted by Gasteiger charge is -1.82. The molecule has 1 N–H and O–H groups in total. The maximum Gasteiger partial charge on any atom is 0.115 e. The van der Waals surface area contributed by atoms with Crippen LogP contribution in [-0.4, -0.2) is 5.11 Å². The van der Waals surface area contributed by atoms with E-state index < -0.39 is 0 Å². The van der Waals surface area contributed by atoms with Gasteiger partial charge < -0.3 is 5.11 Å². The minimum absolute atomic E-state index is 0.322. The Morgan fingerprint density at radius 1 is 0.714 bits per heavy atom. The number of para-hydroxylation sites is 1. The number of phenols is 1. The summed E-state index contributed by atoms with van der Waals surface area (Å²) in [6, 6.07) is 18.9. The van der Waals surface area contributed by atoms with Crippen LogP contribution in [-0.2, 0) is 0 Å². The molecular weight excluding hydrogens is 287 g/mol. The number of halogens is 1. The highest BCUT2D eigenvalue weighted by molar-refractivity contribution is 14.1. The first kappa shape index (κ1) is 11.0. The van der Waals surface area contributed by atoms with Gasteiger partial charge in [0.05, 0.1) is 0 Å². The minimum Gasteiger partial charge on any atom is -0.508 e. The molecule has 0 aliphatic carbocycles. The molecule has 0 heterocycles. The first-order chi connectivity index (χ1) is 6.79. The van der Waals surface area contributed by atoms with Crippen molar-refractivity contribution in [1.82, 2.24) is 0 Å². The van der Waals surface area contributed by atoms with Gasteiger partial charge in [-0.2, -0.15) is 0 Å². The summed E-state index contributed by atoms with van der Waals surface area (Å²) in [5.41, 5.74) is 0. The predicted octanol–water partition coefficient (Wildman–Crippen LogP) is 3.68. The second-order valence-corrected chi connectivity index (χ2v) is 3.88. The van der Waals surface area contributed by atoms with Gasteiger partial charge >= 0.3 is 0 Å². The summed E-state index contributed by atoms with van der Waals surface area (Å²) < 4.78 is 1.29. The molecule has 1 nitrogen and oxygen atoms in total. The van der Waals surface area contributed by atoms with Crippen molar-refractivity contribution in [3.63, 3.8) is 0 Å². The first-order valence-electron chi connectivity index (χ1n) is 4.23. The van der Waals surface area contributed by atoms with Crippen molar-refractivity contribution in [2.75, 3.05) is 0 Å². The van der Waals surface area contributed by atoms with Crippen LogP contribution in [0.15, 0.2) is 60.7 Å². The van der Waals surface area contributed by atoms with Crippen LogP contribution in [0.25, 0.3) is 0 Å². The summed E-state index contributed by atoms with van der Waals surface area (Å²) in [7, 11) is 0. The Bertz CT molecular complexity index is 308. The van der Waals surface area contributed by atoms with Crippen LogP contribution < -0.4 is 0 Å². The normalized spacial score (nSPS) is 8.64. The number of phenolic OH excluding ortho intramolecular Hbond substituents is 1. The van der Waals surface area contributed by atoms with Gasteiger partial charge in [0.2, 0.25) is 0 Å². The summed E-state index contributed by atoms with van der Waals surface area (Å²) >= 11 is 2.28. The molecule has 14 heavy (non-hydrogen) atoms. The molecule has 0 amide bonds. The highest BCUT2D eigenvalue weighted by Gasteiger charge is 1.75. The lowest BCUT2D eigenvalue weighted by molar-refractivity contribution is 0.475. The van der Waals surface area contributed by atoms with Gasteiger partial charge in [-0.1, -0.05) is 36.4 Å². The molecule has 0 aliphatic heterocycles. The lowest BCUT2D eigenvalue weighted by Crippen LogP contribution is -1.61. The molecule has 0 atom stereocenters. The Morgan fingerprint density at radius 3 is 1.36 bits per heavy atom. The van der Waals surface area contributed by atoms with Crippen LogP contribution in [0.1, 0.15) is 0 Å². The third-order valence-corrected chi connectivity index (χ3v) is 2.21. The molecule has 0 bridgehead atoms. The van der Waals surface area contributed by atoms with Crippen molar-refractivity contribution in [3.05, 3.63) is 64.2 Å². The van der Waals surface area contributed by atoms with Gasteiger partial charge in [0, 0.05) is 3.57 Å². The maximum absolute atomic E-state index is 8.63. The van der Waals surface area contributed by atoms with Crippen LogP contribution in [0.3, 0.4) is 0 Å². The van der Waals surface area contributed by atoms with Gasteiger partial charge in [0.25, 0.3) is 0 Å². The molecule has 0 unspecified atom stereocenters. The van der Waals surface area contributed by atoms with Crippen LogP contribution in [0, 0.1) is 3.57 Å². The number of hydrogen-bond acceptors (Lipinski definition) is 1. The summed E-state index contributed by atoms with van der Waals surface area (Å²) in [6.07, 6.45) is 0. The Balaban J connectivity index is 0.000000140. The highest BCUT2D eigenvalue weighted by atomic mass is 127. The number of benzene rings is 2. The Hall–Kier alpha value is -1.03. The van der Waals surface area contributed by atoms with Crippen molar-refractivity contribution in [2.45, 2.75) is 0 Å². The molecule has 0 spiro atoms. The zero-order valence-electron chi connectivity index (χ0n) is 7.60. The smallest absolute Gasteiger partial charge is 0.115 e. The lowest BCUT2D eigenvalue weighted by atomic mass is 10.3. The van der Waals surface area contributed by atoms with E-state index in [4.69, 9.17) is 5.11 Å². The van der Waals surface area contributed by atoms with Gasteiger partial charge in [-0.15, -0.1) is 0 Å². The predicted molar refractivity (Wildman–Crippen MR) is 67.3 cm³/mol. The van der Waals surface area contributed by atoms with Gasteiger partial charge in [0.1, 0.15) is 5.75 Å². The van der Waals surface area contributed by atoms with Crippen molar-refractivity contribution in [2.24, 2.45) is 0 Å². The summed E-state index contributed by atoms with van der Waals surface area (Å²) in [4.78, 5) is 0. The zero-order valence-corrected chi connectivity index (χ0v) is 9.76. The third kappa shape index (κ3) is 4.87. The molecule has 0 aliphatic rings. The van der Waals surface area contributed by atoms with E-state index in [0.717, 1.165) is 0 Å². The molecule has 2 heteroatoms. The van der Waals surface area contributed by atoms with Gasteiger partial charge in [-0.3, -0.25) is 0 Å².